The molecule has 7 nitrogen and oxygen atoms in total. The van der Waals surface area contributed by atoms with Crippen LogP contribution in [0, 0.1) is 29.5 Å². The van der Waals surface area contributed by atoms with Crippen LogP contribution in [-0.4, -0.2) is 35.2 Å². The van der Waals surface area contributed by atoms with Crippen molar-refractivity contribution in [1.82, 2.24) is 4.98 Å². The number of Topliss-reactive ketones (excluding diaryl/α,β-unsaturated/α-hetero) is 1. The third-order valence-electron chi connectivity index (χ3n) is 8.76. The summed E-state index contributed by atoms with van der Waals surface area (Å²) >= 11 is 0. The summed E-state index contributed by atoms with van der Waals surface area (Å²) in [7, 11) is 0. The molecular weight excluding hydrogens is 523 g/mol. The van der Waals surface area contributed by atoms with E-state index in [9.17, 15) is 23.6 Å². The highest BCUT2D eigenvalue weighted by Crippen LogP contribution is 2.56. The van der Waals surface area contributed by atoms with E-state index in [0.717, 1.165) is 19.3 Å². The van der Waals surface area contributed by atoms with Crippen LogP contribution in [0.15, 0.2) is 78.9 Å². The van der Waals surface area contributed by atoms with Gasteiger partial charge in [0.25, 0.3) is 0 Å². The average Bonchev–Trinajstić information content (AvgIpc) is 3.69. The first kappa shape index (κ1) is 25.3. The number of fused-ring (bicyclic) bond motifs is 6. The molecule has 1 aromatic heterocycles. The van der Waals surface area contributed by atoms with Crippen molar-refractivity contribution in [2.75, 3.05) is 11.5 Å². The van der Waals surface area contributed by atoms with Crippen molar-refractivity contribution in [1.29, 1.82) is 0 Å². The SMILES string of the molecule is O=C(COC(=O)c1cc(-c2cccc(N3C(=O)[C@@H]4[C@H]5CC[C@@H](C5)[C@H]4C3=O)c2)nc2ccccc12)c1ccc(F)cc1. The van der Waals surface area contributed by atoms with Crippen LogP contribution in [0.2, 0.25) is 0 Å². The van der Waals surface area contributed by atoms with Gasteiger partial charge in [0.1, 0.15) is 5.82 Å². The van der Waals surface area contributed by atoms with Gasteiger partial charge >= 0.3 is 5.97 Å². The van der Waals surface area contributed by atoms with E-state index in [0.29, 0.717) is 39.7 Å². The molecule has 8 heteroatoms. The highest BCUT2D eigenvalue weighted by Gasteiger charge is 2.61. The van der Waals surface area contributed by atoms with Crippen LogP contribution in [0.1, 0.15) is 40.0 Å². The molecule has 2 bridgehead atoms. The number of ketones is 1. The van der Waals surface area contributed by atoms with Gasteiger partial charge in [0.15, 0.2) is 12.4 Å². The average molecular weight is 549 g/mol. The molecule has 4 aromatic rings. The maximum absolute atomic E-state index is 13.4. The summed E-state index contributed by atoms with van der Waals surface area (Å²) in [5, 5.41) is 0.555. The number of rotatable bonds is 6. The zero-order valence-electron chi connectivity index (χ0n) is 22.0. The zero-order valence-corrected chi connectivity index (χ0v) is 22.0. The Balaban J connectivity index is 1.19. The number of amides is 2. The van der Waals surface area contributed by atoms with E-state index >= 15 is 0 Å². The normalized spacial score (nSPS) is 22.8. The van der Waals surface area contributed by atoms with E-state index in [1.807, 2.05) is 6.07 Å². The molecular formula is C33H25FN2O5. The molecule has 4 atom stereocenters. The van der Waals surface area contributed by atoms with Gasteiger partial charge in [-0.2, -0.15) is 0 Å². The van der Waals surface area contributed by atoms with Crippen LogP contribution in [0.25, 0.3) is 22.2 Å². The number of halogens is 1. The molecule has 204 valence electrons. The van der Waals surface area contributed by atoms with Crippen LogP contribution < -0.4 is 4.90 Å². The molecule has 2 heterocycles. The van der Waals surface area contributed by atoms with Crippen molar-refractivity contribution in [3.63, 3.8) is 0 Å². The van der Waals surface area contributed by atoms with Gasteiger partial charge in [-0.1, -0.05) is 30.3 Å². The third kappa shape index (κ3) is 4.22. The number of nitrogens with zero attached hydrogens (tertiary/aromatic N) is 2. The number of ether oxygens (including phenoxy) is 1. The van der Waals surface area contributed by atoms with E-state index in [-0.39, 0.29) is 34.8 Å². The summed E-state index contributed by atoms with van der Waals surface area (Å²) in [5.74, 6) is -1.72. The summed E-state index contributed by atoms with van der Waals surface area (Å²) in [4.78, 5) is 58.6. The van der Waals surface area contributed by atoms with E-state index in [2.05, 4.69) is 0 Å². The van der Waals surface area contributed by atoms with Crippen molar-refractivity contribution < 1.29 is 28.3 Å². The lowest BCUT2D eigenvalue weighted by molar-refractivity contribution is -0.123. The van der Waals surface area contributed by atoms with Crippen LogP contribution in [-0.2, 0) is 14.3 Å². The predicted molar refractivity (Wildman–Crippen MR) is 148 cm³/mol. The molecule has 41 heavy (non-hydrogen) atoms. The Bertz CT molecular complexity index is 1720. The standard InChI is InChI=1S/C33H25FN2O5/c34-22-12-10-18(11-13-22)28(37)17-41-33(40)25-16-27(35-26-7-2-1-6-24(25)26)19-4-3-5-23(15-19)36-31(38)29-20-8-9-21(14-20)30(29)32(36)39/h1-7,10-13,15-16,20-21,29-30H,8-9,14,17H2/t20-,21-,29+,30+/m0/s1. The number of aromatic nitrogens is 1. The number of benzene rings is 3. The Morgan fingerprint density at radius 3 is 2.32 bits per heavy atom. The quantitative estimate of drug-likeness (QED) is 0.177. The first-order chi connectivity index (χ1) is 19.9. The maximum Gasteiger partial charge on any atom is 0.339 e. The number of carbonyl (C=O) groups excluding carboxylic acids is 4. The number of hydrogen-bond acceptors (Lipinski definition) is 6. The lowest BCUT2D eigenvalue weighted by atomic mass is 9.81. The molecule has 2 aliphatic carbocycles. The third-order valence-corrected chi connectivity index (χ3v) is 8.76. The largest absolute Gasteiger partial charge is 0.454 e. The van der Waals surface area contributed by atoms with Crippen molar-refractivity contribution >= 4 is 40.2 Å². The molecule has 7 rings (SSSR count). The highest BCUT2D eigenvalue weighted by molar-refractivity contribution is 6.22. The van der Waals surface area contributed by atoms with E-state index in [1.165, 1.54) is 29.2 Å². The summed E-state index contributed by atoms with van der Waals surface area (Å²) < 4.78 is 18.6. The first-order valence-corrected chi connectivity index (χ1v) is 13.7. The molecule has 1 aliphatic heterocycles. The molecule has 1 saturated heterocycles. The van der Waals surface area contributed by atoms with Gasteiger partial charge in [0.2, 0.25) is 11.8 Å². The molecule has 0 radical (unpaired) electrons. The molecule has 3 fully saturated rings. The molecule has 3 aromatic carbocycles. The Hall–Kier alpha value is -4.72. The van der Waals surface area contributed by atoms with Crippen LogP contribution in [0.4, 0.5) is 10.1 Å². The second-order valence-corrected chi connectivity index (χ2v) is 11.0. The fourth-order valence-electron chi connectivity index (χ4n) is 6.89. The lowest BCUT2D eigenvalue weighted by Crippen LogP contribution is -2.32. The van der Waals surface area contributed by atoms with Gasteiger partial charge in [-0.3, -0.25) is 19.3 Å². The van der Waals surface area contributed by atoms with Gasteiger partial charge in [-0.15, -0.1) is 0 Å². The van der Waals surface area contributed by atoms with Gasteiger partial charge in [-0.05, 0) is 79.6 Å². The summed E-state index contributed by atoms with van der Waals surface area (Å²) in [6.07, 6.45) is 2.98. The minimum atomic E-state index is -0.704. The number of para-hydroxylation sites is 1. The smallest absolute Gasteiger partial charge is 0.339 e. The summed E-state index contributed by atoms with van der Waals surface area (Å²) in [6, 6.07) is 20.8. The van der Waals surface area contributed by atoms with Crippen molar-refractivity contribution in [3.8, 4) is 11.3 Å². The lowest BCUT2D eigenvalue weighted by Gasteiger charge is -2.19. The van der Waals surface area contributed by atoms with Crippen LogP contribution in [0.5, 0.6) is 0 Å². The first-order valence-electron chi connectivity index (χ1n) is 13.7. The van der Waals surface area contributed by atoms with Gasteiger partial charge in [0, 0.05) is 16.5 Å². The minimum Gasteiger partial charge on any atom is -0.454 e. The van der Waals surface area contributed by atoms with Crippen molar-refractivity contribution in [2.45, 2.75) is 19.3 Å². The van der Waals surface area contributed by atoms with Gasteiger partial charge < -0.3 is 4.74 Å². The number of anilines is 1. The minimum absolute atomic E-state index is 0.120. The number of hydrogen-bond donors (Lipinski definition) is 0. The van der Waals surface area contributed by atoms with Gasteiger partial charge in [0.05, 0.1) is 34.3 Å². The number of esters is 1. The molecule has 3 aliphatic rings. The van der Waals surface area contributed by atoms with E-state index in [1.54, 1.807) is 48.5 Å². The number of pyridine rings is 1. The number of imide groups is 1. The second kappa shape index (κ2) is 9.73. The molecule has 2 amide bonds. The number of carbonyl (C=O) groups is 4. The Labute approximate surface area is 234 Å². The monoisotopic (exact) mass is 548 g/mol. The molecule has 0 N–H and O–H groups in total. The van der Waals surface area contributed by atoms with E-state index < -0.39 is 24.2 Å². The van der Waals surface area contributed by atoms with Gasteiger partial charge in [-0.25, -0.2) is 14.2 Å². The molecule has 2 saturated carbocycles. The summed E-state index contributed by atoms with van der Waals surface area (Å²) in [6.45, 7) is -0.505. The van der Waals surface area contributed by atoms with Crippen molar-refractivity contribution in [2.24, 2.45) is 23.7 Å². The second-order valence-electron chi connectivity index (χ2n) is 11.0. The fraction of sp³-hybridized carbons (Fsp3) is 0.242. The Morgan fingerprint density at radius 2 is 1.59 bits per heavy atom. The van der Waals surface area contributed by atoms with E-state index in [4.69, 9.17) is 9.72 Å². The topological polar surface area (TPSA) is 93.6 Å². The maximum atomic E-state index is 13.4. The van der Waals surface area contributed by atoms with Crippen LogP contribution in [0.3, 0.4) is 0 Å². The Kier molecular flexibility index (Phi) is 5.99. The fourth-order valence-corrected chi connectivity index (χ4v) is 6.89. The predicted octanol–water partition coefficient (Wildman–Crippen LogP) is 5.62. The highest BCUT2D eigenvalue weighted by atomic mass is 19.1. The molecule has 0 unspecified atom stereocenters. The van der Waals surface area contributed by atoms with Crippen LogP contribution >= 0.6 is 0 Å². The summed E-state index contributed by atoms with van der Waals surface area (Å²) in [5.41, 5.74) is 2.59. The Morgan fingerprint density at radius 1 is 0.878 bits per heavy atom. The zero-order chi connectivity index (χ0) is 28.2. The molecule has 0 spiro atoms. The van der Waals surface area contributed by atoms with Crippen molar-refractivity contribution in [3.05, 3.63) is 95.8 Å².